The number of nitrogens with zero attached hydrogens (tertiary/aromatic N) is 3. The van der Waals surface area contributed by atoms with Gasteiger partial charge in [0.2, 0.25) is 0 Å². The Labute approximate surface area is 127 Å². The van der Waals surface area contributed by atoms with Crippen LogP contribution in [0.5, 0.6) is 5.75 Å². The molecular weight excluding hydrogens is 264 g/mol. The first-order valence-corrected chi connectivity index (χ1v) is 7.85. The topological polar surface area (TPSA) is 40.6 Å². The van der Waals surface area contributed by atoms with E-state index in [0.717, 1.165) is 55.8 Å². The van der Waals surface area contributed by atoms with Crippen LogP contribution in [0.25, 0.3) is 0 Å². The number of methoxy groups -OCH3 is 1. The first kappa shape index (κ1) is 14.8. The van der Waals surface area contributed by atoms with Crippen LogP contribution in [0.3, 0.4) is 0 Å². The van der Waals surface area contributed by atoms with E-state index in [9.17, 15) is 0 Å². The number of piperazine rings is 1. The molecule has 0 aromatic carbocycles. The molecule has 2 saturated heterocycles. The average molecular weight is 290 g/mol. The van der Waals surface area contributed by atoms with E-state index in [1.165, 1.54) is 18.7 Å². The molecule has 1 aromatic heterocycles. The number of rotatable bonds is 4. The minimum Gasteiger partial charge on any atom is -0.496 e. The Morgan fingerprint density at radius 3 is 2.52 bits per heavy atom. The van der Waals surface area contributed by atoms with E-state index >= 15 is 0 Å². The van der Waals surface area contributed by atoms with Crippen LogP contribution < -0.4 is 10.1 Å². The van der Waals surface area contributed by atoms with Gasteiger partial charge in [0.25, 0.3) is 0 Å². The summed E-state index contributed by atoms with van der Waals surface area (Å²) in [4.78, 5) is 9.74. The second-order valence-corrected chi connectivity index (χ2v) is 6.17. The molecule has 0 radical (unpaired) electrons. The van der Waals surface area contributed by atoms with Crippen LogP contribution in [0.4, 0.5) is 0 Å². The van der Waals surface area contributed by atoms with Crippen molar-refractivity contribution in [1.82, 2.24) is 20.1 Å². The quantitative estimate of drug-likeness (QED) is 0.888. The van der Waals surface area contributed by atoms with Crippen LogP contribution in [0.15, 0.2) is 6.20 Å². The zero-order chi connectivity index (χ0) is 14.8. The molecule has 2 aliphatic rings. The molecule has 0 atom stereocenters. The van der Waals surface area contributed by atoms with Gasteiger partial charge >= 0.3 is 0 Å². The lowest BCUT2D eigenvalue weighted by Gasteiger charge is -2.43. The summed E-state index contributed by atoms with van der Waals surface area (Å²) >= 11 is 0. The van der Waals surface area contributed by atoms with E-state index in [0.29, 0.717) is 0 Å². The van der Waals surface area contributed by atoms with E-state index in [2.05, 4.69) is 27.0 Å². The molecule has 5 nitrogen and oxygen atoms in total. The molecular formula is C16H26N4O. The summed E-state index contributed by atoms with van der Waals surface area (Å²) < 4.78 is 5.50. The number of ether oxygens (including phenoxy) is 1. The predicted octanol–water partition coefficient (Wildman–Crippen LogP) is 0.796. The van der Waals surface area contributed by atoms with Gasteiger partial charge in [-0.2, -0.15) is 0 Å². The average Bonchev–Trinajstić information content (AvgIpc) is 2.43. The van der Waals surface area contributed by atoms with E-state index in [-0.39, 0.29) is 0 Å². The molecule has 0 aliphatic carbocycles. The standard InChI is InChI=1S/C16H26N4O/c1-12-8-18-15(13(2)16(12)21-3)11-19-4-6-20(7-5-19)14-9-17-10-14/h8,14,17H,4-7,9-11H2,1-3H3. The molecule has 116 valence electrons. The van der Waals surface area contributed by atoms with Crippen molar-refractivity contribution in [2.24, 2.45) is 0 Å². The fraction of sp³-hybridized carbons (Fsp3) is 0.688. The van der Waals surface area contributed by atoms with E-state index in [1.807, 2.05) is 13.1 Å². The number of hydrogen-bond donors (Lipinski definition) is 1. The highest BCUT2D eigenvalue weighted by atomic mass is 16.5. The molecule has 0 amide bonds. The summed E-state index contributed by atoms with van der Waals surface area (Å²) in [6, 6.07) is 0.770. The third-order valence-electron chi connectivity index (χ3n) is 4.81. The lowest BCUT2D eigenvalue weighted by atomic mass is 10.1. The fourth-order valence-corrected chi connectivity index (χ4v) is 3.26. The van der Waals surface area contributed by atoms with Crippen molar-refractivity contribution in [1.29, 1.82) is 0 Å². The van der Waals surface area contributed by atoms with Gasteiger partial charge in [-0.05, 0) is 13.8 Å². The van der Waals surface area contributed by atoms with Crippen molar-refractivity contribution in [3.63, 3.8) is 0 Å². The third kappa shape index (κ3) is 3.05. The molecule has 0 bridgehead atoms. The largest absolute Gasteiger partial charge is 0.496 e. The Hall–Kier alpha value is -1.17. The van der Waals surface area contributed by atoms with E-state index < -0.39 is 0 Å². The number of aryl methyl sites for hydroxylation is 1. The lowest BCUT2D eigenvalue weighted by molar-refractivity contribution is 0.0689. The van der Waals surface area contributed by atoms with Crippen molar-refractivity contribution in [2.75, 3.05) is 46.4 Å². The molecule has 0 spiro atoms. The first-order valence-electron chi connectivity index (χ1n) is 7.85. The minimum absolute atomic E-state index is 0.770. The maximum Gasteiger partial charge on any atom is 0.128 e. The van der Waals surface area contributed by atoms with Crippen LogP contribution in [-0.4, -0.2) is 67.2 Å². The molecule has 0 saturated carbocycles. The molecule has 1 aromatic rings. The van der Waals surface area contributed by atoms with Crippen LogP contribution in [-0.2, 0) is 6.54 Å². The smallest absolute Gasteiger partial charge is 0.128 e. The Morgan fingerprint density at radius 1 is 1.24 bits per heavy atom. The molecule has 0 unspecified atom stereocenters. The van der Waals surface area contributed by atoms with Gasteiger partial charge in [-0.25, -0.2) is 0 Å². The zero-order valence-corrected chi connectivity index (χ0v) is 13.4. The maximum atomic E-state index is 5.50. The first-order chi connectivity index (χ1) is 10.2. The lowest BCUT2D eigenvalue weighted by Crippen LogP contribution is -2.61. The molecule has 21 heavy (non-hydrogen) atoms. The molecule has 2 fully saturated rings. The number of aromatic nitrogens is 1. The Morgan fingerprint density at radius 2 is 1.95 bits per heavy atom. The second kappa shape index (κ2) is 6.30. The molecule has 2 aliphatic heterocycles. The van der Waals surface area contributed by atoms with Crippen LogP contribution >= 0.6 is 0 Å². The second-order valence-electron chi connectivity index (χ2n) is 6.17. The number of hydrogen-bond acceptors (Lipinski definition) is 5. The van der Waals surface area contributed by atoms with Crippen LogP contribution in [0, 0.1) is 13.8 Å². The summed E-state index contributed by atoms with van der Waals surface area (Å²) in [5.41, 5.74) is 3.44. The minimum atomic E-state index is 0.770. The summed E-state index contributed by atoms with van der Waals surface area (Å²) in [5.74, 6) is 0.985. The van der Waals surface area contributed by atoms with Gasteiger partial charge in [0, 0.05) is 69.2 Å². The van der Waals surface area contributed by atoms with Crippen LogP contribution in [0.1, 0.15) is 16.8 Å². The van der Waals surface area contributed by atoms with E-state index in [1.54, 1.807) is 7.11 Å². The van der Waals surface area contributed by atoms with Crippen molar-refractivity contribution < 1.29 is 4.74 Å². The van der Waals surface area contributed by atoms with Crippen LogP contribution in [0.2, 0.25) is 0 Å². The predicted molar refractivity (Wildman–Crippen MR) is 83.8 cm³/mol. The monoisotopic (exact) mass is 290 g/mol. The molecule has 3 heterocycles. The third-order valence-corrected chi connectivity index (χ3v) is 4.81. The van der Waals surface area contributed by atoms with Gasteiger partial charge in [-0.15, -0.1) is 0 Å². The SMILES string of the molecule is COc1c(C)cnc(CN2CCN(C3CNC3)CC2)c1C. The summed E-state index contributed by atoms with van der Waals surface area (Å²) in [6.07, 6.45) is 1.93. The highest BCUT2D eigenvalue weighted by Crippen LogP contribution is 2.25. The van der Waals surface area contributed by atoms with Crippen molar-refractivity contribution >= 4 is 0 Å². The number of pyridine rings is 1. The highest BCUT2D eigenvalue weighted by molar-refractivity contribution is 5.41. The summed E-state index contributed by atoms with van der Waals surface area (Å²) in [5, 5.41) is 3.36. The molecule has 3 rings (SSSR count). The summed E-state index contributed by atoms with van der Waals surface area (Å²) in [7, 11) is 1.74. The van der Waals surface area contributed by atoms with Gasteiger partial charge < -0.3 is 10.1 Å². The highest BCUT2D eigenvalue weighted by Gasteiger charge is 2.27. The van der Waals surface area contributed by atoms with Gasteiger partial charge in [0.15, 0.2) is 0 Å². The van der Waals surface area contributed by atoms with Crippen molar-refractivity contribution in [3.8, 4) is 5.75 Å². The fourth-order valence-electron chi connectivity index (χ4n) is 3.26. The van der Waals surface area contributed by atoms with Crippen molar-refractivity contribution in [2.45, 2.75) is 26.4 Å². The Balaban J connectivity index is 1.60. The molecule has 1 N–H and O–H groups in total. The molecule has 5 heteroatoms. The van der Waals surface area contributed by atoms with E-state index in [4.69, 9.17) is 4.74 Å². The van der Waals surface area contributed by atoms with Gasteiger partial charge in [-0.3, -0.25) is 14.8 Å². The normalized spacial score (nSPS) is 21.3. The Bertz CT molecular complexity index is 493. The Kier molecular flexibility index (Phi) is 4.42. The van der Waals surface area contributed by atoms with Crippen molar-refractivity contribution in [3.05, 3.63) is 23.0 Å². The number of nitrogens with one attached hydrogen (secondary N) is 1. The maximum absolute atomic E-state index is 5.50. The van der Waals surface area contributed by atoms with Gasteiger partial charge in [0.1, 0.15) is 5.75 Å². The van der Waals surface area contributed by atoms with Gasteiger partial charge in [-0.1, -0.05) is 0 Å². The zero-order valence-electron chi connectivity index (χ0n) is 13.4. The summed E-state index contributed by atoms with van der Waals surface area (Å²) in [6.45, 7) is 12.0. The van der Waals surface area contributed by atoms with Gasteiger partial charge in [0.05, 0.1) is 12.8 Å².